The third-order valence-corrected chi connectivity index (χ3v) is 4.31. The number of carbonyl (C=O) groups excluding carboxylic acids is 1. The van der Waals surface area contributed by atoms with Crippen LogP contribution in [0, 0.1) is 13.8 Å². The fraction of sp³-hybridized carbons (Fsp3) is 0.235. The van der Waals surface area contributed by atoms with Crippen molar-refractivity contribution in [2.24, 2.45) is 0 Å². The van der Waals surface area contributed by atoms with Gasteiger partial charge in [0.15, 0.2) is 5.78 Å². The van der Waals surface area contributed by atoms with Crippen molar-refractivity contribution in [3.63, 3.8) is 0 Å². The third kappa shape index (κ3) is 3.42. The van der Waals surface area contributed by atoms with Crippen LogP contribution in [0.15, 0.2) is 47.4 Å². The van der Waals surface area contributed by atoms with E-state index in [4.69, 9.17) is 4.74 Å². The lowest BCUT2D eigenvalue weighted by Gasteiger charge is -2.08. The molecule has 0 bridgehead atoms. The van der Waals surface area contributed by atoms with Gasteiger partial charge in [0.1, 0.15) is 5.75 Å². The Kier molecular flexibility index (Phi) is 4.85. The minimum atomic E-state index is 0.143. The molecule has 0 aliphatic rings. The second-order valence-corrected chi connectivity index (χ2v) is 5.68. The topological polar surface area (TPSA) is 26.3 Å². The standard InChI is InChI=1S/C17H18O2S/c1-12-8-9-14(10-13(12)2)15(18)11-20-17-7-5-4-6-16(17)19-3/h4-10H,11H2,1-3H3. The van der Waals surface area contributed by atoms with Gasteiger partial charge in [0.2, 0.25) is 0 Å². The van der Waals surface area contributed by atoms with Crippen LogP contribution in [0.1, 0.15) is 21.5 Å². The summed E-state index contributed by atoms with van der Waals surface area (Å²) in [6.45, 7) is 4.08. The molecule has 0 saturated carbocycles. The van der Waals surface area contributed by atoms with Crippen LogP contribution < -0.4 is 4.74 Å². The third-order valence-electron chi connectivity index (χ3n) is 3.26. The van der Waals surface area contributed by atoms with Crippen molar-refractivity contribution in [3.8, 4) is 5.75 Å². The maximum atomic E-state index is 12.2. The van der Waals surface area contributed by atoms with E-state index in [1.807, 2.05) is 56.3 Å². The van der Waals surface area contributed by atoms with E-state index < -0.39 is 0 Å². The van der Waals surface area contributed by atoms with E-state index in [0.717, 1.165) is 21.8 Å². The highest BCUT2D eigenvalue weighted by Crippen LogP contribution is 2.29. The molecular formula is C17H18O2S. The molecule has 0 amide bonds. The number of Topliss-reactive ketones (excluding diaryl/α,β-unsaturated/α-hetero) is 1. The Morgan fingerprint density at radius 2 is 1.85 bits per heavy atom. The molecule has 0 aliphatic heterocycles. The van der Waals surface area contributed by atoms with Gasteiger partial charge in [0.25, 0.3) is 0 Å². The van der Waals surface area contributed by atoms with Crippen molar-refractivity contribution in [1.29, 1.82) is 0 Å². The molecule has 2 rings (SSSR count). The second-order valence-electron chi connectivity index (χ2n) is 4.66. The summed E-state index contributed by atoms with van der Waals surface area (Å²) in [5, 5.41) is 0. The zero-order valence-electron chi connectivity index (χ0n) is 12.0. The number of hydrogen-bond acceptors (Lipinski definition) is 3. The lowest BCUT2D eigenvalue weighted by molar-refractivity contribution is 0.102. The highest BCUT2D eigenvalue weighted by molar-refractivity contribution is 8.00. The number of thioether (sulfide) groups is 1. The number of hydrogen-bond donors (Lipinski definition) is 0. The Morgan fingerprint density at radius 1 is 1.10 bits per heavy atom. The van der Waals surface area contributed by atoms with Crippen LogP contribution in [0.5, 0.6) is 5.75 Å². The van der Waals surface area contributed by atoms with Crippen LogP contribution in [-0.2, 0) is 0 Å². The van der Waals surface area contributed by atoms with Gasteiger partial charge in [-0.15, -0.1) is 11.8 Å². The van der Waals surface area contributed by atoms with Crippen molar-refractivity contribution in [3.05, 3.63) is 59.2 Å². The van der Waals surface area contributed by atoms with Gasteiger partial charge in [-0.3, -0.25) is 4.79 Å². The first-order valence-electron chi connectivity index (χ1n) is 6.48. The van der Waals surface area contributed by atoms with E-state index in [2.05, 4.69) is 0 Å². The van der Waals surface area contributed by atoms with Gasteiger partial charge in [-0.25, -0.2) is 0 Å². The van der Waals surface area contributed by atoms with Gasteiger partial charge in [-0.2, -0.15) is 0 Å². The minimum absolute atomic E-state index is 0.143. The Labute approximate surface area is 124 Å². The van der Waals surface area contributed by atoms with Crippen molar-refractivity contribution >= 4 is 17.5 Å². The first-order valence-corrected chi connectivity index (χ1v) is 7.46. The Hall–Kier alpha value is -1.74. The van der Waals surface area contributed by atoms with Crippen LogP contribution in [-0.4, -0.2) is 18.6 Å². The summed E-state index contributed by atoms with van der Waals surface area (Å²) in [5.41, 5.74) is 3.13. The van der Waals surface area contributed by atoms with E-state index in [9.17, 15) is 4.79 Å². The van der Waals surface area contributed by atoms with E-state index in [1.54, 1.807) is 7.11 Å². The van der Waals surface area contributed by atoms with Gasteiger partial charge in [0, 0.05) is 10.5 Å². The second kappa shape index (κ2) is 6.62. The lowest BCUT2D eigenvalue weighted by Crippen LogP contribution is -2.03. The highest BCUT2D eigenvalue weighted by atomic mass is 32.2. The molecule has 0 unspecified atom stereocenters. The molecule has 0 N–H and O–H groups in total. The lowest BCUT2D eigenvalue weighted by atomic mass is 10.0. The number of ether oxygens (including phenoxy) is 1. The summed E-state index contributed by atoms with van der Waals surface area (Å²) in [5.74, 6) is 1.37. The van der Waals surface area contributed by atoms with E-state index in [0.29, 0.717) is 5.75 Å². The number of aryl methyl sites for hydroxylation is 2. The Bertz CT molecular complexity index is 620. The van der Waals surface area contributed by atoms with Crippen LogP contribution in [0.4, 0.5) is 0 Å². The molecule has 0 aliphatic carbocycles. The molecule has 2 nitrogen and oxygen atoms in total. The fourth-order valence-corrected chi connectivity index (χ4v) is 2.80. The van der Waals surface area contributed by atoms with Crippen LogP contribution >= 0.6 is 11.8 Å². The van der Waals surface area contributed by atoms with E-state index >= 15 is 0 Å². The number of methoxy groups -OCH3 is 1. The number of benzene rings is 2. The molecule has 0 radical (unpaired) electrons. The molecule has 0 aromatic heterocycles. The summed E-state index contributed by atoms with van der Waals surface area (Å²) < 4.78 is 5.29. The molecule has 104 valence electrons. The van der Waals surface area contributed by atoms with E-state index in [1.165, 1.54) is 17.3 Å². The summed E-state index contributed by atoms with van der Waals surface area (Å²) in [6, 6.07) is 13.6. The van der Waals surface area contributed by atoms with Crippen molar-refractivity contribution in [2.75, 3.05) is 12.9 Å². The van der Waals surface area contributed by atoms with Crippen LogP contribution in [0.3, 0.4) is 0 Å². The molecule has 0 atom stereocenters. The van der Waals surface area contributed by atoms with E-state index in [-0.39, 0.29) is 5.78 Å². The largest absolute Gasteiger partial charge is 0.496 e. The molecule has 2 aromatic rings. The normalized spacial score (nSPS) is 10.3. The average molecular weight is 286 g/mol. The van der Waals surface area contributed by atoms with Crippen molar-refractivity contribution in [2.45, 2.75) is 18.7 Å². The van der Waals surface area contributed by atoms with Gasteiger partial charge in [-0.1, -0.05) is 24.3 Å². The Morgan fingerprint density at radius 3 is 2.55 bits per heavy atom. The van der Waals surface area contributed by atoms with Crippen molar-refractivity contribution < 1.29 is 9.53 Å². The first-order chi connectivity index (χ1) is 9.61. The summed E-state index contributed by atoms with van der Waals surface area (Å²) >= 11 is 1.51. The predicted molar refractivity (Wildman–Crippen MR) is 84.0 cm³/mol. The molecule has 0 fully saturated rings. The maximum absolute atomic E-state index is 12.2. The Balaban J connectivity index is 2.06. The number of ketones is 1. The molecule has 0 heterocycles. The minimum Gasteiger partial charge on any atom is -0.496 e. The molecular weight excluding hydrogens is 268 g/mol. The van der Waals surface area contributed by atoms with Crippen LogP contribution in [0.2, 0.25) is 0 Å². The molecule has 0 saturated heterocycles. The molecule has 0 spiro atoms. The van der Waals surface area contributed by atoms with Gasteiger partial charge < -0.3 is 4.74 Å². The van der Waals surface area contributed by atoms with Crippen LogP contribution in [0.25, 0.3) is 0 Å². The van der Waals surface area contributed by atoms with Gasteiger partial charge in [-0.05, 0) is 43.2 Å². The maximum Gasteiger partial charge on any atom is 0.173 e. The molecule has 20 heavy (non-hydrogen) atoms. The summed E-state index contributed by atoms with van der Waals surface area (Å²) in [6.07, 6.45) is 0. The zero-order valence-corrected chi connectivity index (χ0v) is 12.8. The van der Waals surface area contributed by atoms with Crippen molar-refractivity contribution in [1.82, 2.24) is 0 Å². The molecule has 3 heteroatoms. The summed E-state index contributed by atoms with van der Waals surface area (Å²) in [7, 11) is 1.64. The molecule has 2 aromatic carbocycles. The average Bonchev–Trinajstić information content (AvgIpc) is 2.47. The fourth-order valence-electron chi connectivity index (χ4n) is 1.88. The monoisotopic (exact) mass is 286 g/mol. The smallest absolute Gasteiger partial charge is 0.173 e. The quantitative estimate of drug-likeness (QED) is 0.606. The number of rotatable bonds is 5. The predicted octanol–water partition coefficient (Wildman–Crippen LogP) is 4.29. The highest BCUT2D eigenvalue weighted by Gasteiger charge is 2.09. The van der Waals surface area contributed by atoms with Gasteiger partial charge >= 0.3 is 0 Å². The van der Waals surface area contributed by atoms with Gasteiger partial charge in [0.05, 0.1) is 12.9 Å². The number of para-hydroxylation sites is 1. The first kappa shape index (κ1) is 14.7. The zero-order chi connectivity index (χ0) is 14.5. The number of carbonyl (C=O) groups is 1. The summed E-state index contributed by atoms with van der Waals surface area (Å²) in [4.78, 5) is 13.2. The SMILES string of the molecule is COc1ccccc1SCC(=O)c1ccc(C)c(C)c1.